The van der Waals surface area contributed by atoms with Crippen molar-refractivity contribution in [2.75, 3.05) is 13.1 Å². The maximum Gasteiger partial charge on any atom is 0.229 e. The van der Waals surface area contributed by atoms with Crippen LogP contribution in [0.15, 0.2) is 59.0 Å². The van der Waals surface area contributed by atoms with Crippen LogP contribution in [0.3, 0.4) is 0 Å². The minimum absolute atomic E-state index is 0.0489. The smallest absolute Gasteiger partial charge is 0.229 e. The average Bonchev–Trinajstić information content (AvgIpc) is 3.19. The van der Waals surface area contributed by atoms with Crippen LogP contribution in [0.25, 0.3) is 11.5 Å². The first-order chi connectivity index (χ1) is 16.0. The molecule has 0 aliphatic carbocycles. The number of halogens is 1. The molecule has 4 rings (SSSR count). The van der Waals surface area contributed by atoms with Gasteiger partial charge in [0.1, 0.15) is 11.6 Å². The van der Waals surface area contributed by atoms with Gasteiger partial charge in [0.25, 0.3) is 0 Å². The number of rotatable bonds is 8. The lowest BCUT2D eigenvalue weighted by Crippen LogP contribution is -2.43. The van der Waals surface area contributed by atoms with Crippen molar-refractivity contribution in [1.29, 1.82) is 0 Å². The fourth-order valence-corrected chi connectivity index (χ4v) is 4.35. The number of piperidine rings is 1. The van der Waals surface area contributed by atoms with Gasteiger partial charge in [0.2, 0.25) is 11.8 Å². The third-order valence-electron chi connectivity index (χ3n) is 6.43. The van der Waals surface area contributed by atoms with Crippen molar-refractivity contribution in [1.82, 2.24) is 15.2 Å². The third-order valence-corrected chi connectivity index (χ3v) is 6.43. The summed E-state index contributed by atoms with van der Waals surface area (Å²) in [6.45, 7) is 6.25. The first-order valence-corrected chi connectivity index (χ1v) is 11.8. The van der Waals surface area contributed by atoms with Crippen LogP contribution in [-0.4, -0.2) is 34.9 Å². The predicted molar refractivity (Wildman–Crippen MR) is 127 cm³/mol. The van der Waals surface area contributed by atoms with Gasteiger partial charge in [-0.3, -0.25) is 9.69 Å². The first-order valence-electron chi connectivity index (χ1n) is 11.8. The highest BCUT2D eigenvalue weighted by Gasteiger charge is 2.27. The van der Waals surface area contributed by atoms with Crippen LogP contribution < -0.4 is 5.32 Å². The summed E-state index contributed by atoms with van der Waals surface area (Å²) in [5, 5.41) is 3.20. The Morgan fingerprint density at radius 2 is 1.85 bits per heavy atom. The zero-order valence-corrected chi connectivity index (χ0v) is 19.4. The second-order valence-corrected chi connectivity index (χ2v) is 8.99. The molecule has 2 aromatic carbocycles. The Balaban J connectivity index is 1.24. The molecule has 1 saturated heterocycles. The van der Waals surface area contributed by atoms with Gasteiger partial charge in [0.15, 0.2) is 0 Å². The monoisotopic (exact) mass is 449 g/mol. The van der Waals surface area contributed by atoms with E-state index >= 15 is 0 Å². The van der Waals surface area contributed by atoms with E-state index in [1.54, 1.807) is 18.2 Å². The van der Waals surface area contributed by atoms with Gasteiger partial charge in [-0.2, -0.15) is 0 Å². The Morgan fingerprint density at radius 3 is 2.58 bits per heavy atom. The first kappa shape index (κ1) is 23.2. The van der Waals surface area contributed by atoms with Gasteiger partial charge < -0.3 is 9.73 Å². The van der Waals surface area contributed by atoms with Gasteiger partial charge in [0.05, 0.1) is 11.3 Å². The third kappa shape index (κ3) is 6.08. The normalized spacial score (nSPS) is 16.0. The summed E-state index contributed by atoms with van der Waals surface area (Å²) in [6, 6.07) is 17.0. The molecule has 33 heavy (non-hydrogen) atoms. The van der Waals surface area contributed by atoms with Crippen molar-refractivity contribution in [2.24, 2.45) is 5.92 Å². The molecule has 2 heterocycles. The van der Waals surface area contributed by atoms with Crippen molar-refractivity contribution in [2.45, 2.75) is 52.1 Å². The van der Waals surface area contributed by atoms with E-state index in [4.69, 9.17) is 4.42 Å². The molecule has 1 fully saturated rings. The summed E-state index contributed by atoms with van der Waals surface area (Å²) in [6.07, 6.45) is 3.56. The predicted octanol–water partition coefficient (Wildman–Crippen LogP) is 5.14. The fourth-order valence-electron chi connectivity index (χ4n) is 4.35. The average molecular weight is 450 g/mol. The minimum atomic E-state index is -0.338. The molecular formula is C27H32FN3O2. The van der Waals surface area contributed by atoms with Crippen LogP contribution >= 0.6 is 0 Å². The van der Waals surface area contributed by atoms with Crippen LogP contribution in [0, 0.1) is 18.7 Å². The molecule has 6 heteroatoms. The van der Waals surface area contributed by atoms with E-state index in [-0.39, 0.29) is 23.7 Å². The number of benzene rings is 2. The lowest BCUT2D eigenvalue weighted by molar-refractivity contribution is -0.127. The summed E-state index contributed by atoms with van der Waals surface area (Å²) in [5.74, 6) is 0.900. The van der Waals surface area contributed by atoms with E-state index in [2.05, 4.69) is 34.3 Å². The molecular weight excluding hydrogens is 417 g/mol. The van der Waals surface area contributed by atoms with Crippen LogP contribution in [0.4, 0.5) is 4.39 Å². The summed E-state index contributed by atoms with van der Waals surface area (Å²) < 4.78 is 19.8. The summed E-state index contributed by atoms with van der Waals surface area (Å²) in [5.41, 5.74) is 2.50. The van der Waals surface area contributed by atoms with Crippen LogP contribution in [0.1, 0.15) is 43.2 Å². The lowest BCUT2D eigenvalue weighted by atomic mass is 9.95. The SMILES string of the molecule is Cc1oc(-c2ccccc2F)nc1CN1CCC(C(=O)NC(C)CCc2ccccc2)CC1. The Hall–Kier alpha value is -2.99. The van der Waals surface area contributed by atoms with Crippen molar-refractivity contribution >= 4 is 5.91 Å². The van der Waals surface area contributed by atoms with Gasteiger partial charge in [-0.1, -0.05) is 42.5 Å². The molecule has 1 unspecified atom stereocenters. The molecule has 1 aliphatic heterocycles. The fraction of sp³-hybridized carbons (Fsp3) is 0.407. The van der Waals surface area contributed by atoms with Crippen LogP contribution in [0.2, 0.25) is 0 Å². The zero-order chi connectivity index (χ0) is 23.2. The molecule has 1 aliphatic rings. The van der Waals surface area contributed by atoms with Gasteiger partial charge in [-0.25, -0.2) is 9.37 Å². The number of carbonyl (C=O) groups is 1. The highest BCUT2D eigenvalue weighted by Crippen LogP contribution is 2.26. The number of carbonyl (C=O) groups excluding carboxylic acids is 1. The molecule has 0 radical (unpaired) electrons. The number of amides is 1. The molecule has 174 valence electrons. The van der Waals surface area contributed by atoms with Crippen LogP contribution in [0.5, 0.6) is 0 Å². The Morgan fingerprint density at radius 1 is 1.15 bits per heavy atom. The number of aromatic nitrogens is 1. The lowest BCUT2D eigenvalue weighted by Gasteiger charge is -2.31. The number of aryl methyl sites for hydroxylation is 2. The largest absolute Gasteiger partial charge is 0.441 e. The Kier molecular flexibility index (Phi) is 7.55. The minimum Gasteiger partial charge on any atom is -0.441 e. The van der Waals surface area contributed by atoms with E-state index in [0.717, 1.165) is 44.5 Å². The molecule has 1 atom stereocenters. The number of hydrogen-bond donors (Lipinski definition) is 1. The van der Waals surface area contributed by atoms with E-state index in [0.29, 0.717) is 23.8 Å². The number of nitrogens with one attached hydrogen (secondary N) is 1. The number of oxazole rings is 1. The second kappa shape index (κ2) is 10.8. The van der Waals surface area contributed by atoms with E-state index in [9.17, 15) is 9.18 Å². The highest BCUT2D eigenvalue weighted by atomic mass is 19.1. The molecule has 0 spiro atoms. The van der Waals surface area contributed by atoms with Gasteiger partial charge in [-0.15, -0.1) is 0 Å². The summed E-state index contributed by atoms with van der Waals surface area (Å²) in [4.78, 5) is 19.6. The van der Waals surface area contributed by atoms with Gasteiger partial charge in [-0.05, 0) is 70.3 Å². The van der Waals surface area contributed by atoms with Crippen molar-refractivity contribution in [3.05, 3.63) is 77.4 Å². The number of nitrogens with zero attached hydrogens (tertiary/aromatic N) is 2. The quantitative estimate of drug-likeness (QED) is 0.517. The maximum atomic E-state index is 14.1. The van der Waals surface area contributed by atoms with Gasteiger partial charge in [0, 0.05) is 18.5 Å². The van der Waals surface area contributed by atoms with Crippen LogP contribution in [-0.2, 0) is 17.8 Å². The van der Waals surface area contributed by atoms with Crippen molar-refractivity contribution in [3.63, 3.8) is 0 Å². The van der Waals surface area contributed by atoms with E-state index in [1.807, 2.05) is 25.1 Å². The van der Waals surface area contributed by atoms with Crippen molar-refractivity contribution < 1.29 is 13.6 Å². The molecule has 1 aromatic heterocycles. The summed E-state index contributed by atoms with van der Waals surface area (Å²) >= 11 is 0. The Bertz CT molecular complexity index is 1060. The highest BCUT2D eigenvalue weighted by molar-refractivity contribution is 5.79. The molecule has 5 nitrogen and oxygen atoms in total. The second-order valence-electron chi connectivity index (χ2n) is 8.99. The zero-order valence-electron chi connectivity index (χ0n) is 19.4. The van der Waals surface area contributed by atoms with Gasteiger partial charge >= 0.3 is 0 Å². The molecule has 1 N–H and O–H groups in total. The molecule has 1 amide bonds. The summed E-state index contributed by atoms with van der Waals surface area (Å²) in [7, 11) is 0. The standard InChI is InChI=1S/C27H32FN3O2/c1-19(12-13-21-8-4-3-5-9-21)29-26(32)22-14-16-31(17-15-22)18-25-20(2)33-27(30-25)23-10-6-7-11-24(23)28/h3-11,19,22H,12-18H2,1-2H3,(H,29,32). The molecule has 0 saturated carbocycles. The maximum absolute atomic E-state index is 14.1. The Labute approximate surface area is 195 Å². The van der Waals surface area contributed by atoms with E-state index < -0.39 is 0 Å². The van der Waals surface area contributed by atoms with Crippen molar-refractivity contribution in [3.8, 4) is 11.5 Å². The van der Waals surface area contributed by atoms with E-state index in [1.165, 1.54) is 11.6 Å². The number of hydrogen-bond acceptors (Lipinski definition) is 4. The molecule has 0 bridgehead atoms. The topological polar surface area (TPSA) is 58.4 Å². The molecule has 3 aromatic rings. The number of likely N-dealkylation sites (tertiary alicyclic amines) is 1.